The van der Waals surface area contributed by atoms with Crippen molar-refractivity contribution in [2.24, 2.45) is 5.92 Å². The molecule has 1 fully saturated rings. The number of carboxylic acids is 2. The van der Waals surface area contributed by atoms with Gasteiger partial charge < -0.3 is 10.2 Å². The third-order valence-electron chi connectivity index (χ3n) is 5.15. The van der Waals surface area contributed by atoms with Crippen LogP contribution >= 0.6 is 0 Å². The highest BCUT2D eigenvalue weighted by Gasteiger charge is 2.52. The highest BCUT2D eigenvalue weighted by molar-refractivity contribution is 7.89. The maximum atomic E-state index is 13.2. The van der Waals surface area contributed by atoms with Crippen molar-refractivity contribution in [3.05, 3.63) is 70.3 Å². The van der Waals surface area contributed by atoms with Crippen molar-refractivity contribution >= 4 is 27.6 Å². The molecule has 3 atom stereocenters. The number of benzene rings is 2. The summed E-state index contributed by atoms with van der Waals surface area (Å²) >= 11 is 0. The average molecular weight is 434 g/mol. The number of carbonyl (C=O) groups is 2. The molecule has 11 heteroatoms. The monoisotopic (exact) mass is 434 g/mol. The van der Waals surface area contributed by atoms with Gasteiger partial charge >= 0.3 is 11.9 Å². The summed E-state index contributed by atoms with van der Waals surface area (Å²) in [5.74, 6) is -4.32. The van der Waals surface area contributed by atoms with E-state index in [-0.39, 0.29) is 17.1 Å². The molecule has 158 valence electrons. The van der Waals surface area contributed by atoms with Gasteiger partial charge in [-0.1, -0.05) is 30.3 Å². The first kappa shape index (κ1) is 21.4. The normalized spacial score (nSPS) is 21.9. The van der Waals surface area contributed by atoms with Gasteiger partial charge in [0.1, 0.15) is 6.04 Å². The van der Waals surface area contributed by atoms with Crippen LogP contribution in [-0.4, -0.2) is 52.4 Å². The Morgan fingerprint density at radius 3 is 2.17 bits per heavy atom. The Bertz CT molecular complexity index is 1070. The topological polar surface area (TPSA) is 155 Å². The van der Waals surface area contributed by atoms with E-state index in [0.717, 1.165) is 28.6 Å². The Kier molecular flexibility index (Phi) is 5.85. The molecule has 0 bridgehead atoms. The molecule has 0 saturated carbocycles. The fourth-order valence-electron chi connectivity index (χ4n) is 3.81. The van der Waals surface area contributed by atoms with Crippen molar-refractivity contribution in [3.8, 4) is 0 Å². The zero-order valence-electron chi connectivity index (χ0n) is 15.5. The molecule has 1 saturated heterocycles. The van der Waals surface area contributed by atoms with Gasteiger partial charge in [-0.2, -0.15) is 4.31 Å². The summed E-state index contributed by atoms with van der Waals surface area (Å²) in [6.07, 6.45) is -0.525. The third-order valence-corrected chi connectivity index (χ3v) is 7.02. The molecule has 3 rings (SSSR count). The molecule has 0 aromatic heterocycles. The summed E-state index contributed by atoms with van der Waals surface area (Å²) in [7, 11) is -4.35. The van der Waals surface area contributed by atoms with Gasteiger partial charge in [-0.15, -0.1) is 0 Å². The first-order valence-electron chi connectivity index (χ1n) is 8.88. The number of nitro groups is 1. The lowest BCUT2D eigenvalue weighted by atomic mass is 9.83. The van der Waals surface area contributed by atoms with E-state index in [9.17, 15) is 38.3 Å². The Morgan fingerprint density at radius 2 is 1.67 bits per heavy atom. The summed E-state index contributed by atoms with van der Waals surface area (Å²) in [4.78, 5) is 33.3. The SMILES string of the molecule is O=C(O)C[C@H]1[C@@H](c2ccccc2)CN(S(=O)(=O)c2ccc([N+](=O)[O-])cc2)[C@@H]1C(=O)O. The Hall–Kier alpha value is -3.31. The number of non-ortho nitro benzene ring substituents is 1. The maximum Gasteiger partial charge on any atom is 0.322 e. The van der Waals surface area contributed by atoms with E-state index in [2.05, 4.69) is 0 Å². The van der Waals surface area contributed by atoms with Crippen LogP contribution in [0.1, 0.15) is 17.9 Å². The number of aliphatic carboxylic acids is 2. The van der Waals surface area contributed by atoms with Crippen LogP contribution in [0.15, 0.2) is 59.5 Å². The minimum absolute atomic E-state index is 0.224. The summed E-state index contributed by atoms with van der Waals surface area (Å²) in [5, 5.41) is 29.9. The zero-order chi connectivity index (χ0) is 22.1. The summed E-state index contributed by atoms with van der Waals surface area (Å²) < 4.78 is 27.1. The molecule has 2 N–H and O–H groups in total. The quantitative estimate of drug-likeness (QED) is 0.495. The molecular formula is C19H18N2O8S. The molecule has 0 aliphatic carbocycles. The highest BCUT2D eigenvalue weighted by Crippen LogP contribution is 2.42. The largest absolute Gasteiger partial charge is 0.481 e. The molecule has 0 amide bonds. The first-order valence-corrected chi connectivity index (χ1v) is 10.3. The molecular weight excluding hydrogens is 416 g/mol. The number of hydrogen-bond donors (Lipinski definition) is 2. The van der Waals surface area contributed by atoms with Gasteiger partial charge in [0.25, 0.3) is 5.69 Å². The summed E-state index contributed by atoms with van der Waals surface area (Å²) in [6, 6.07) is 11.1. The number of rotatable bonds is 7. The van der Waals surface area contributed by atoms with Crippen molar-refractivity contribution in [2.45, 2.75) is 23.3 Å². The highest BCUT2D eigenvalue weighted by atomic mass is 32.2. The van der Waals surface area contributed by atoms with Gasteiger partial charge in [0, 0.05) is 30.5 Å². The lowest BCUT2D eigenvalue weighted by Gasteiger charge is -2.24. The Morgan fingerprint density at radius 1 is 1.07 bits per heavy atom. The minimum Gasteiger partial charge on any atom is -0.481 e. The Balaban J connectivity index is 2.06. The van der Waals surface area contributed by atoms with Crippen LogP contribution in [0.5, 0.6) is 0 Å². The lowest BCUT2D eigenvalue weighted by molar-refractivity contribution is -0.384. The van der Waals surface area contributed by atoms with E-state index in [4.69, 9.17) is 0 Å². The second-order valence-electron chi connectivity index (χ2n) is 6.89. The molecule has 10 nitrogen and oxygen atoms in total. The maximum absolute atomic E-state index is 13.2. The van der Waals surface area contributed by atoms with Crippen molar-refractivity contribution in [2.75, 3.05) is 6.54 Å². The molecule has 2 aromatic rings. The van der Waals surface area contributed by atoms with E-state index >= 15 is 0 Å². The fourth-order valence-corrected chi connectivity index (χ4v) is 5.47. The van der Waals surface area contributed by atoms with Crippen LogP contribution in [0, 0.1) is 16.0 Å². The van der Waals surface area contributed by atoms with E-state index in [1.54, 1.807) is 30.3 Å². The predicted octanol–water partition coefficient (Wildman–Crippen LogP) is 1.93. The number of nitro benzene ring substituents is 1. The Labute approximate surface area is 171 Å². The number of nitrogens with zero attached hydrogens (tertiary/aromatic N) is 2. The smallest absolute Gasteiger partial charge is 0.322 e. The molecule has 0 spiro atoms. The predicted molar refractivity (Wildman–Crippen MR) is 103 cm³/mol. The zero-order valence-corrected chi connectivity index (χ0v) is 16.3. The van der Waals surface area contributed by atoms with Crippen LogP contribution < -0.4 is 0 Å². The van der Waals surface area contributed by atoms with Gasteiger partial charge in [-0.05, 0) is 17.7 Å². The number of carboxylic acid groups (broad SMARTS) is 2. The van der Waals surface area contributed by atoms with E-state index in [0.29, 0.717) is 5.56 Å². The van der Waals surface area contributed by atoms with Gasteiger partial charge in [0.05, 0.1) is 16.2 Å². The van der Waals surface area contributed by atoms with Crippen molar-refractivity contribution < 1.29 is 33.1 Å². The number of sulfonamides is 1. The van der Waals surface area contributed by atoms with Crippen molar-refractivity contribution in [3.63, 3.8) is 0 Å². The van der Waals surface area contributed by atoms with Gasteiger partial charge in [0.15, 0.2) is 0 Å². The third kappa shape index (κ3) is 4.02. The molecule has 1 heterocycles. The summed E-state index contributed by atoms with van der Waals surface area (Å²) in [5.41, 5.74) is 0.326. The summed E-state index contributed by atoms with van der Waals surface area (Å²) in [6.45, 7) is -0.224. The second-order valence-corrected chi connectivity index (χ2v) is 8.78. The molecule has 30 heavy (non-hydrogen) atoms. The lowest BCUT2D eigenvalue weighted by Crippen LogP contribution is -2.43. The van der Waals surface area contributed by atoms with Crippen LogP contribution in [0.2, 0.25) is 0 Å². The molecule has 1 aliphatic rings. The molecule has 2 aromatic carbocycles. The average Bonchev–Trinajstić information content (AvgIpc) is 3.08. The van der Waals surface area contributed by atoms with Crippen molar-refractivity contribution in [1.82, 2.24) is 4.31 Å². The van der Waals surface area contributed by atoms with Gasteiger partial charge in [0.2, 0.25) is 10.0 Å². The first-order chi connectivity index (χ1) is 14.1. The van der Waals surface area contributed by atoms with E-state index in [1.807, 2.05) is 0 Å². The number of hydrogen-bond acceptors (Lipinski definition) is 6. The standard InChI is InChI=1S/C19H18N2O8S/c22-17(23)10-15-16(12-4-2-1-3-5-12)11-20(18(15)19(24)25)30(28,29)14-8-6-13(7-9-14)21(26)27/h1-9,15-16,18H,10-11H2,(H,22,23)(H,24,25)/t15-,16+,18-/m0/s1. The van der Waals surface area contributed by atoms with Crippen LogP contribution in [0.4, 0.5) is 5.69 Å². The minimum atomic E-state index is -4.35. The molecule has 1 aliphatic heterocycles. The van der Waals surface area contributed by atoms with Gasteiger partial charge in [-0.3, -0.25) is 19.7 Å². The van der Waals surface area contributed by atoms with E-state index < -0.39 is 51.2 Å². The van der Waals surface area contributed by atoms with Gasteiger partial charge in [-0.25, -0.2) is 8.42 Å². The van der Waals surface area contributed by atoms with Crippen LogP contribution in [-0.2, 0) is 19.6 Å². The molecule has 0 unspecified atom stereocenters. The molecule has 0 radical (unpaired) electrons. The van der Waals surface area contributed by atoms with E-state index in [1.165, 1.54) is 0 Å². The van der Waals surface area contributed by atoms with Crippen molar-refractivity contribution in [1.29, 1.82) is 0 Å². The fraction of sp³-hybridized carbons (Fsp3) is 0.263. The second kappa shape index (κ2) is 8.20. The van der Waals surface area contributed by atoms with Crippen LogP contribution in [0.25, 0.3) is 0 Å². The van der Waals surface area contributed by atoms with Crippen LogP contribution in [0.3, 0.4) is 0 Å².